The lowest BCUT2D eigenvalue weighted by Crippen LogP contribution is -2.41. The van der Waals surface area contributed by atoms with Gasteiger partial charge in [0.1, 0.15) is 4.83 Å². The minimum atomic E-state index is -0.246. The molecule has 4 N–H and O–H groups in total. The van der Waals surface area contributed by atoms with Crippen LogP contribution in [0.25, 0.3) is 4.83 Å². The van der Waals surface area contributed by atoms with Gasteiger partial charge in [-0.05, 0) is 74.2 Å². The maximum Gasteiger partial charge on any atom is 0.319 e. The SMILES string of the molecule is CC1NC=C(NC(=O)NCCC2CCN(C)CC2)C=C1NC(=O)c1cnn2cc(Br)sc12. The normalized spacial score (nSPS) is 19.8. The van der Waals surface area contributed by atoms with Crippen molar-refractivity contribution >= 4 is 44.0 Å². The smallest absolute Gasteiger partial charge is 0.319 e. The average molecular weight is 522 g/mol. The average Bonchev–Trinajstić information content (AvgIpc) is 3.31. The van der Waals surface area contributed by atoms with Crippen molar-refractivity contribution < 1.29 is 9.59 Å². The van der Waals surface area contributed by atoms with Gasteiger partial charge in [-0.3, -0.25) is 4.79 Å². The number of nitrogens with one attached hydrogen (secondary N) is 4. The molecule has 2 aromatic heterocycles. The van der Waals surface area contributed by atoms with Crippen molar-refractivity contribution in [1.29, 1.82) is 0 Å². The van der Waals surface area contributed by atoms with Gasteiger partial charge >= 0.3 is 6.03 Å². The molecule has 4 heterocycles. The Morgan fingerprint density at radius 2 is 2.09 bits per heavy atom. The molecule has 2 aliphatic heterocycles. The van der Waals surface area contributed by atoms with Crippen LogP contribution < -0.4 is 21.3 Å². The third-order valence-corrected chi connectivity index (χ3v) is 7.46. The second kappa shape index (κ2) is 10.1. The van der Waals surface area contributed by atoms with E-state index in [0.717, 1.165) is 28.1 Å². The van der Waals surface area contributed by atoms with Gasteiger partial charge in [0.15, 0.2) is 0 Å². The zero-order chi connectivity index (χ0) is 22.7. The van der Waals surface area contributed by atoms with E-state index >= 15 is 0 Å². The molecule has 172 valence electrons. The number of rotatable bonds is 6. The quantitative estimate of drug-likeness (QED) is 0.467. The molecular formula is C21H28BrN7O2S. The van der Waals surface area contributed by atoms with Crippen LogP contribution in [-0.2, 0) is 0 Å². The molecule has 0 aliphatic carbocycles. The van der Waals surface area contributed by atoms with Crippen molar-refractivity contribution in [1.82, 2.24) is 35.8 Å². The van der Waals surface area contributed by atoms with Gasteiger partial charge < -0.3 is 26.2 Å². The summed E-state index contributed by atoms with van der Waals surface area (Å²) in [5.41, 5.74) is 1.77. The second-order valence-electron chi connectivity index (χ2n) is 8.30. The van der Waals surface area contributed by atoms with Crippen molar-refractivity contribution in [2.45, 2.75) is 32.2 Å². The first-order chi connectivity index (χ1) is 15.4. The Bertz CT molecular complexity index is 1050. The number of thiazole rings is 1. The number of halogens is 1. The lowest BCUT2D eigenvalue weighted by atomic mass is 9.94. The lowest BCUT2D eigenvalue weighted by Gasteiger charge is -2.28. The first-order valence-corrected chi connectivity index (χ1v) is 12.3. The van der Waals surface area contributed by atoms with Gasteiger partial charge in [0.2, 0.25) is 0 Å². The highest BCUT2D eigenvalue weighted by molar-refractivity contribution is 9.11. The molecule has 1 saturated heterocycles. The number of aromatic nitrogens is 2. The number of carbonyl (C=O) groups is 2. The second-order valence-corrected chi connectivity index (χ2v) is 10.7. The van der Waals surface area contributed by atoms with Gasteiger partial charge in [0.25, 0.3) is 5.91 Å². The highest BCUT2D eigenvalue weighted by Gasteiger charge is 2.21. The van der Waals surface area contributed by atoms with Crippen LogP contribution in [0.3, 0.4) is 0 Å². The van der Waals surface area contributed by atoms with E-state index in [1.165, 1.54) is 24.2 Å². The fourth-order valence-corrected chi connectivity index (χ4v) is 5.32. The van der Waals surface area contributed by atoms with Crippen molar-refractivity contribution in [2.24, 2.45) is 5.92 Å². The zero-order valence-corrected chi connectivity index (χ0v) is 20.6. The fourth-order valence-electron chi connectivity index (χ4n) is 3.88. The fraction of sp³-hybridized carbons (Fsp3) is 0.476. The van der Waals surface area contributed by atoms with E-state index in [0.29, 0.717) is 29.4 Å². The molecule has 32 heavy (non-hydrogen) atoms. The molecule has 4 rings (SSSR count). The Morgan fingerprint density at radius 1 is 1.31 bits per heavy atom. The molecular weight excluding hydrogens is 494 g/mol. The van der Waals surface area contributed by atoms with E-state index in [1.54, 1.807) is 23.0 Å². The predicted octanol–water partition coefficient (Wildman–Crippen LogP) is 2.64. The maximum atomic E-state index is 12.8. The van der Waals surface area contributed by atoms with Crippen molar-refractivity contribution in [2.75, 3.05) is 26.7 Å². The summed E-state index contributed by atoms with van der Waals surface area (Å²) in [6, 6.07) is -0.345. The van der Waals surface area contributed by atoms with Gasteiger partial charge in [0, 0.05) is 18.4 Å². The molecule has 1 unspecified atom stereocenters. The van der Waals surface area contributed by atoms with Gasteiger partial charge in [-0.15, -0.1) is 11.3 Å². The molecule has 0 spiro atoms. The van der Waals surface area contributed by atoms with E-state index < -0.39 is 0 Å². The summed E-state index contributed by atoms with van der Waals surface area (Å²) < 4.78 is 2.57. The predicted molar refractivity (Wildman–Crippen MR) is 128 cm³/mol. The Kier molecular flexibility index (Phi) is 7.17. The monoisotopic (exact) mass is 521 g/mol. The summed E-state index contributed by atoms with van der Waals surface area (Å²) in [5, 5.41) is 16.1. The van der Waals surface area contributed by atoms with Crippen molar-refractivity contribution in [3.05, 3.63) is 45.4 Å². The molecule has 0 saturated carbocycles. The van der Waals surface area contributed by atoms with Crippen LogP contribution in [-0.4, -0.2) is 59.2 Å². The summed E-state index contributed by atoms with van der Waals surface area (Å²) in [4.78, 5) is 28.3. The Hall–Kier alpha value is -2.37. The number of fused-ring (bicyclic) bond motifs is 1. The van der Waals surface area contributed by atoms with E-state index in [-0.39, 0.29) is 18.0 Å². The minimum Gasteiger partial charge on any atom is -0.381 e. The largest absolute Gasteiger partial charge is 0.381 e. The standard InChI is InChI=1S/C21H28BrN7O2S/c1-13-17(27-19(30)16-11-25-29-12-18(22)32-20(16)29)9-15(10-24-13)26-21(31)23-6-3-14-4-7-28(2)8-5-14/h9-14,24H,3-8H2,1-2H3,(H,27,30)(H2,23,26,31). The number of hydrogen-bond donors (Lipinski definition) is 4. The molecule has 9 nitrogen and oxygen atoms in total. The van der Waals surface area contributed by atoms with Crippen LogP contribution in [0.4, 0.5) is 4.79 Å². The third kappa shape index (κ3) is 5.51. The molecule has 0 bridgehead atoms. The summed E-state index contributed by atoms with van der Waals surface area (Å²) in [6.45, 7) is 4.85. The maximum absolute atomic E-state index is 12.8. The molecule has 0 radical (unpaired) electrons. The van der Waals surface area contributed by atoms with Crippen LogP contribution in [0.5, 0.6) is 0 Å². The minimum absolute atomic E-state index is 0.0990. The van der Waals surface area contributed by atoms with E-state index in [1.807, 2.05) is 13.1 Å². The molecule has 1 atom stereocenters. The third-order valence-electron chi connectivity index (χ3n) is 5.87. The van der Waals surface area contributed by atoms with Crippen LogP contribution in [0.1, 0.15) is 36.5 Å². The van der Waals surface area contributed by atoms with E-state index in [9.17, 15) is 9.59 Å². The van der Waals surface area contributed by atoms with Gasteiger partial charge in [-0.1, -0.05) is 0 Å². The van der Waals surface area contributed by atoms with E-state index in [4.69, 9.17) is 0 Å². The number of urea groups is 1. The highest BCUT2D eigenvalue weighted by Crippen LogP contribution is 2.26. The van der Waals surface area contributed by atoms with Crippen molar-refractivity contribution in [3.63, 3.8) is 0 Å². The Labute approximate surface area is 199 Å². The Morgan fingerprint density at radius 3 is 2.88 bits per heavy atom. The summed E-state index contributed by atoms with van der Waals surface area (Å²) >= 11 is 4.86. The van der Waals surface area contributed by atoms with Crippen LogP contribution in [0, 0.1) is 5.92 Å². The Balaban J connectivity index is 1.29. The summed E-state index contributed by atoms with van der Waals surface area (Å²) in [6.07, 6.45) is 10.3. The van der Waals surface area contributed by atoms with Gasteiger partial charge in [0.05, 0.1) is 33.5 Å². The van der Waals surface area contributed by atoms with Crippen LogP contribution in [0.15, 0.2) is 39.9 Å². The lowest BCUT2D eigenvalue weighted by molar-refractivity contribution is 0.0964. The molecule has 1 fully saturated rings. The first-order valence-electron chi connectivity index (χ1n) is 10.7. The van der Waals surface area contributed by atoms with Gasteiger partial charge in [-0.2, -0.15) is 5.10 Å². The number of nitrogens with zero attached hydrogens (tertiary/aromatic N) is 3. The van der Waals surface area contributed by atoms with E-state index in [2.05, 4.69) is 54.2 Å². The molecule has 2 aliphatic rings. The van der Waals surface area contributed by atoms with Crippen molar-refractivity contribution in [3.8, 4) is 0 Å². The molecule has 0 aromatic carbocycles. The van der Waals surface area contributed by atoms with Crippen LogP contribution in [0.2, 0.25) is 0 Å². The number of likely N-dealkylation sites (tertiary alicyclic amines) is 1. The topological polar surface area (TPSA) is 103 Å². The number of hydrogen-bond acceptors (Lipinski definition) is 6. The zero-order valence-electron chi connectivity index (χ0n) is 18.2. The number of allylic oxidation sites excluding steroid dienone is 1. The van der Waals surface area contributed by atoms with Crippen LogP contribution >= 0.6 is 27.3 Å². The summed E-state index contributed by atoms with van der Waals surface area (Å²) in [5.74, 6) is 0.432. The summed E-state index contributed by atoms with van der Waals surface area (Å²) in [7, 11) is 2.15. The van der Waals surface area contributed by atoms with Gasteiger partial charge in [-0.25, -0.2) is 9.31 Å². The molecule has 3 amide bonds. The number of dihydropyridines is 1. The number of carbonyl (C=O) groups excluding carboxylic acids is 2. The first kappa shape index (κ1) is 22.8. The molecule has 2 aromatic rings. The number of piperidine rings is 1. The number of amides is 3. The molecule has 11 heteroatoms. The highest BCUT2D eigenvalue weighted by atomic mass is 79.9.